The number of benzene rings is 2. The van der Waals surface area contributed by atoms with E-state index in [9.17, 15) is 14.4 Å². The van der Waals surface area contributed by atoms with E-state index in [4.69, 9.17) is 11.6 Å². The van der Waals surface area contributed by atoms with Gasteiger partial charge in [-0.15, -0.1) is 0 Å². The summed E-state index contributed by atoms with van der Waals surface area (Å²) in [7, 11) is 2.15. The number of amides is 3. The van der Waals surface area contributed by atoms with Crippen LogP contribution in [0.4, 0.5) is 0 Å². The van der Waals surface area contributed by atoms with Crippen molar-refractivity contribution < 1.29 is 14.4 Å². The smallest absolute Gasteiger partial charge is 0.251 e. The quantitative estimate of drug-likeness (QED) is 0.266. The number of piperidine rings is 1. The first-order valence-electron chi connectivity index (χ1n) is 16.3. The van der Waals surface area contributed by atoms with Crippen LogP contribution < -0.4 is 21.3 Å². The number of likely N-dealkylation sites (tertiary alicyclic amines) is 1. The van der Waals surface area contributed by atoms with Crippen LogP contribution in [0.5, 0.6) is 0 Å². The maximum atomic E-state index is 13.5. The minimum Gasteiger partial charge on any atom is -0.351 e. The molecule has 9 heteroatoms. The van der Waals surface area contributed by atoms with Crippen LogP contribution in [0.1, 0.15) is 93.1 Å². The van der Waals surface area contributed by atoms with Gasteiger partial charge in [0.1, 0.15) is 12.1 Å². The highest BCUT2D eigenvalue weighted by molar-refractivity contribution is 6.30. The first-order valence-corrected chi connectivity index (χ1v) is 16.6. The van der Waals surface area contributed by atoms with Gasteiger partial charge in [-0.25, -0.2) is 0 Å². The molecule has 3 amide bonds. The van der Waals surface area contributed by atoms with E-state index >= 15 is 0 Å². The Hall–Kier alpha value is -2.94. The van der Waals surface area contributed by atoms with Gasteiger partial charge in [0.2, 0.25) is 11.8 Å². The summed E-state index contributed by atoms with van der Waals surface area (Å²) in [5.74, 6) is -0.518. The van der Waals surface area contributed by atoms with Crippen molar-refractivity contribution >= 4 is 29.3 Å². The number of hydrogen-bond donors (Lipinski definition) is 4. The minimum absolute atomic E-state index is 0.0269. The molecular weight excluding hydrogens is 574 g/mol. The average Bonchev–Trinajstić information content (AvgIpc) is 3.00. The van der Waals surface area contributed by atoms with Crippen molar-refractivity contribution in [1.29, 1.82) is 0 Å². The second kappa shape index (κ2) is 16.4. The number of rotatable bonds is 12. The SMILES string of the molecule is CC(C)C[C@H](NC(=O)[C@H](C)NC(=O)c1ccc(CNC2CCN(C)CC2)cc1)C(=O)NC1CCCC[C@H]1c1cccc(Cl)c1. The van der Waals surface area contributed by atoms with Crippen molar-refractivity contribution in [2.45, 2.75) is 102 Å². The van der Waals surface area contributed by atoms with E-state index in [1.165, 1.54) is 0 Å². The lowest BCUT2D eigenvalue weighted by Gasteiger charge is -2.34. The molecule has 1 aliphatic carbocycles. The highest BCUT2D eigenvalue weighted by Gasteiger charge is 2.32. The maximum Gasteiger partial charge on any atom is 0.251 e. The molecule has 2 aromatic rings. The summed E-state index contributed by atoms with van der Waals surface area (Å²) in [4.78, 5) is 42.1. The number of carbonyl (C=O) groups is 3. The van der Waals surface area contributed by atoms with E-state index in [0.717, 1.165) is 69.3 Å². The summed E-state index contributed by atoms with van der Waals surface area (Å²) < 4.78 is 0. The molecule has 1 heterocycles. The molecular formula is C35H50ClN5O3. The maximum absolute atomic E-state index is 13.5. The molecule has 2 aliphatic rings. The van der Waals surface area contributed by atoms with Crippen LogP contribution in [0, 0.1) is 5.92 Å². The van der Waals surface area contributed by atoms with Crippen LogP contribution in [-0.2, 0) is 16.1 Å². The van der Waals surface area contributed by atoms with Gasteiger partial charge in [-0.1, -0.05) is 62.6 Å². The van der Waals surface area contributed by atoms with Crippen LogP contribution in [0.3, 0.4) is 0 Å². The number of nitrogens with zero attached hydrogens (tertiary/aromatic N) is 1. The molecule has 1 unspecified atom stereocenters. The first-order chi connectivity index (χ1) is 21.1. The Balaban J connectivity index is 1.30. The number of carbonyl (C=O) groups excluding carboxylic acids is 3. The van der Waals surface area contributed by atoms with Gasteiger partial charge in [-0.3, -0.25) is 14.4 Å². The molecule has 0 radical (unpaired) electrons. The molecule has 44 heavy (non-hydrogen) atoms. The summed E-state index contributed by atoms with van der Waals surface area (Å²) >= 11 is 6.27. The van der Waals surface area contributed by atoms with Crippen LogP contribution in [0.2, 0.25) is 5.02 Å². The Bertz CT molecular complexity index is 1250. The van der Waals surface area contributed by atoms with Crippen LogP contribution >= 0.6 is 11.6 Å². The lowest BCUT2D eigenvalue weighted by atomic mass is 9.80. The Morgan fingerprint density at radius 1 is 0.909 bits per heavy atom. The normalized spacial score (nSPS) is 21.0. The molecule has 240 valence electrons. The van der Waals surface area contributed by atoms with Crippen LogP contribution in [0.25, 0.3) is 0 Å². The van der Waals surface area contributed by atoms with Crippen molar-refractivity contribution in [2.75, 3.05) is 20.1 Å². The fourth-order valence-corrected chi connectivity index (χ4v) is 6.52. The zero-order valence-corrected chi connectivity index (χ0v) is 27.5. The van der Waals surface area contributed by atoms with Crippen molar-refractivity contribution in [3.05, 3.63) is 70.2 Å². The summed E-state index contributed by atoms with van der Waals surface area (Å²) in [6.07, 6.45) is 6.78. The predicted octanol–water partition coefficient (Wildman–Crippen LogP) is 5.02. The highest BCUT2D eigenvalue weighted by atomic mass is 35.5. The largest absolute Gasteiger partial charge is 0.351 e. The second-order valence-electron chi connectivity index (χ2n) is 13.1. The summed E-state index contributed by atoms with van der Waals surface area (Å²) in [5.41, 5.74) is 2.74. The molecule has 4 N–H and O–H groups in total. The van der Waals surface area contributed by atoms with E-state index in [2.05, 4.69) is 39.3 Å². The average molecular weight is 624 g/mol. The highest BCUT2D eigenvalue weighted by Crippen LogP contribution is 2.34. The summed E-state index contributed by atoms with van der Waals surface area (Å²) in [6, 6.07) is 14.3. The first kappa shape index (κ1) is 33.9. The fraction of sp³-hybridized carbons (Fsp3) is 0.571. The predicted molar refractivity (Wildman–Crippen MR) is 177 cm³/mol. The topological polar surface area (TPSA) is 103 Å². The van der Waals surface area contributed by atoms with Gasteiger partial charge in [0.25, 0.3) is 5.91 Å². The molecule has 2 aromatic carbocycles. The van der Waals surface area contributed by atoms with Crippen molar-refractivity contribution in [3.8, 4) is 0 Å². The van der Waals surface area contributed by atoms with E-state index < -0.39 is 12.1 Å². The lowest BCUT2D eigenvalue weighted by Crippen LogP contribution is -2.55. The van der Waals surface area contributed by atoms with Crippen molar-refractivity contribution in [2.24, 2.45) is 5.92 Å². The number of nitrogens with one attached hydrogen (secondary N) is 4. The molecule has 1 saturated heterocycles. The van der Waals surface area contributed by atoms with Gasteiger partial charge in [0.15, 0.2) is 0 Å². The molecule has 4 atom stereocenters. The molecule has 0 aromatic heterocycles. The number of halogens is 1. The van der Waals surface area contributed by atoms with E-state index in [1.54, 1.807) is 19.1 Å². The van der Waals surface area contributed by atoms with E-state index in [-0.39, 0.29) is 35.6 Å². The lowest BCUT2D eigenvalue weighted by molar-refractivity contribution is -0.130. The van der Waals surface area contributed by atoms with Gasteiger partial charge in [-0.05, 0) is 100 Å². The Labute approximate surface area is 268 Å². The van der Waals surface area contributed by atoms with Crippen molar-refractivity contribution in [1.82, 2.24) is 26.2 Å². The molecule has 2 fully saturated rings. The van der Waals surface area contributed by atoms with Crippen LogP contribution in [-0.4, -0.2) is 66.9 Å². The minimum atomic E-state index is -0.801. The van der Waals surface area contributed by atoms with Crippen LogP contribution in [0.15, 0.2) is 48.5 Å². The summed E-state index contributed by atoms with van der Waals surface area (Å²) in [6.45, 7) is 8.68. The number of hydrogen-bond acceptors (Lipinski definition) is 5. The molecule has 0 spiro atoms. The zero-order chi connectivity index (χ0) is 31.6. The third kappa shape index (κ3) is 10.0. The fourth-order valence-electron chi connectivity index (χ4n) is 6.32. The van der Waals surface area contributed by atoms with Gasteiger partial charge < -0.3 is 26.2 Å². The van der Waals surface area contributed by atoms with Crippen molar-refractivity contribution in [3.63, 3.8) is 0 Å². The summed E-state index contributed by atoms with van der Waals surface area (Å²) in [5, 5.41) is 13.3. The Morgan fingerprint density at radius 2 is 1.61 bits per heavy atom. The Kier molecular flexibility index (Phi) is 12.6. The Morgan fingerprint density at radius 3 is 2.30 bits per heavy atom. The molecule has 1 saturated carbocycles. The van der Waals surface area contributed by atoms with Gasteiger partial charge in [-0.2, -0.15) is 0 Å². The molecule has 8 nitrogen and oxygen atoms in total. The molecule has 4 rings (SSSR count). The van der Waals surface area contributed by atoms with Gasteiger partial charge in [0.05, 0.1) is 0 Å². The van der Waals surface area contributed by atoms with E-state index in [0.29, 0.717) is 23.0 Å². The third-order valence-corrected chi connectivity index (χ3v) is 9.22. The molecule has 1 aliphatic heterocycles. The van der Waals surface area contributed by atoms with Gasteiger partial charge >= 0.3 is 0 Å². The monoisotopic (exact) mass is 623 g/mol. The van der Waals surface area contributed by atoms with Gasteiger partial charge in [0, 0.05) is 35.1 Å². The standard InChI is InChI=1S/C35H50ClN5O3/c1-23(2)20-32(35(44)39-31-11-6-5-10-30(31)27-8-7-9-28(36)21-27)40-33(42)24(3)38-34(43)26-14-12-25(13-15-26)22-37-29-16-18-41(4)19-17-29/h7-9,12-15,21,23-24,29-32,37H,5-6,10-11,16-20,22H2,1-4H3,(H,38,43)(H,39,44)(H,40,42)/t24-,30-,31?,32-/m0/s1. The van der Waals surface area contributed by atoms with E-state index in [1.807, 2.05) is 44.2 Å². The second-order valence-corrected chi connectivity index (χ2v) is 13.5. The molecule has 0 bridgehead atoms. The zero-order valence-electron chi connectivity index (χ0n) is 26.7. The third-order valence-electron chi connectivity index (χ3n) is 8.98.